The third-order valence-electron chi connectivity index (χ3n) is 3.77. The monoisotopic (exact) mass is 271 g/mol. The summed E-state index contributed by atoms with van der Waals surface area (Å²) in [7, 11) is 4.32. The van der Waals surface area contributed by atoms with Crippen molar-refractivity contribution in [3.63, 3.8) is 0 Å². The van der Waals surface area contributed by atoms with E-state index in [1.54, 1.807) is 0 Å². The van der Waals surface area contributed by atoms with Crippen molar-refractivity contribution in [3.8, 4) is 0 Å². The smallest absolute Gasteiger partial charge is 0.0441 e. The molecule has 1 nitrogen and oxygen atoms in total. The highest BCUT2D eigenvalue weighted by Gasteiger charge is 2.25. The number of hydrogen-bond donors (Lipinski definition) is 0. The maximum absolute atomic E-state index is 6.28. The molecule has 1 aliphatic rings. The van der Waals surface area contributed by atoms with E-state index in [0.29, 0.717) is 12.0 Å². The second kappa shape index (κ2) is 5.60. The van der Waals surface area contributed by atoms with E-state index in [2.05, 4.69) is 19.0 Å². The third kappa shape index (κ3) is 3.15. The Hall–Kier alpha value is -0.240. The molecule has 0 heterocycles. The summed E-state index contributed by atoms with van der Waals surface area (Å²) in [5.41, 5.74) is 1.23. The molecular weight excluding hydrogens is 253 g/mol. The van der Waals surface area contributed by atoms with Gasteiger partial charge in [0.05, 0.1) is 0 Å². The summed E-state index contributed by atoms with van der Waals surface area (Å²) in [5, 5.41) is 1.65. The lowest BCUT2D eigenvalue weighted by Crippen LogP contribution is -2.32. The second-order valence-electron chi connectivity index (χ2n) is 5.15. The molecule has 1 saturated carbocycles. The van der Waals surface area contributed by atoms with Gasteiger partial charge in [0.15, 0.2) is 0 Å². The van der Waals surface area contributed by atoms with Crippen LogP contribution in [0.4, 0.5) is 0 Å². The van der Waals surface area contributed by atoms with E-state index in [4.69, 9.17) is 23.2 Å². The van der Waals surface area contributed by atoms with E-state index >= 15 is 0 Å². The van der Waals surface area contributed by atoms with Gasteiger partial charge >= 0.3 is 0 Å². The van der Waals surface area contributed by atoms with Crippen molar-refractivity contribution in [2.24, 2.45) is 0 Å². The van der Waals surface area contributed by atoms with Gasteiger partial charge in [0.25, 0.3) is 0 Å². The molecule has 0 spiro atoms. The van der Waals surface area contributed by atoms with Crippen LogP contribution in [0.5, 0.6) is 0 Å². The van der Waals surface area contributed by atoms with Crippen molar-refractivity contribution in [3.05, 3.63) is 33.8 Å². The molecule has 1 fully saturated rings. The zero-order valence-corrected chi connectivity index (χ0v) is 11.9. The summed E-state index contributed by atoms with van der Waals surface area (Å²) >= 11 is 12.4. The van der Waals surface area contributed by atoms with Crippen LogP contribution in [-0.2, 0) is 0 Å². The van der Waals surface area contributed by atoms with Crippen molar-refractivity contribution in [1.29, 1.82) is 0 Å². The molecule has 1 aromatic rings. The average Bonchev–Trinajstić information content (AvgIpc) is 2.32. The molecule has 2 rings (SSSR count). The Labute approximate surface area is 114 Å². The predicted molar refractivity (Wildman–Crippen MR) is 75.1 cm³/mol. The van der Waals surface area contributed by atoms with Gasteiger partial charge in [-0.25, -0.2) is 0 Å². The molecule has 1 aliphatic carbocycles. The van der Waals surface area contributed by atoms with Gasteiger partial charge in [0.1, 0.15) is 0 Å². The fourth-order valence-electron chi connectivity index (χ4n) is 2.74. The van der Waals surface area contributed by atoms with Gasteiger partial charge in [-0.3, -0.25) is 0 Å². The minimum absolute atomic E-state index is 0.558. The Bertz CT molecular complexity index is 390. The largest absolute Gasteiger partial charge is 0.306 e. The lowest BCUT2D eigenvalue weighted by atomic mass is 9.81. The molecule has 2 atom stereocenters. The lowest BCUT2D eigenvalue weighted by Gasteiger charge is -2.34. The molecule has 17 heavy (non-hydrogen) atoms. The Morgan fingerprint density at radius 2 is 1.94 bits per heavy atom. The first kappa shape index (κ1) is 13.2. The Kier molecular flexibility index (Phi) is 4.35. The van der Waals surface area contributed by atoms with Crippen LogP contribution in [0, 0.1) is 0 Å². The molecule has 1 aromatic carbocycles. The van der Waals surface area contributed by atoms with Crippen LogP contribution < -0.4 is 0 Å². The van der Waals surface area contributed by atoms with Crippen LogP contribution in [-0.4, -0.2) is 25.0 Å². The van der Waals surface area contributed by atoms with Gasteiger partial charge in [-0.2, -0.15) is 0 Å². The number of nitrogens with zero attached hydrogens (tertiary/aromatic N) is 1. The van der Waals surface area contributed by atoms with Gasteiger partial charge in [-0.15, -0.1) is 0 Å². The first-order valence-electron chi connectivity index (χ1n) is 6.19. The SMILES string of the molecule is CN(C)C1CCCC(c2cc(Cl)ccc2Cl)C1. The molecule has 2 unspecified atom stereocenters. The highest BCUT2D eigenvalue weighted by molar-refractivity contribution is 6.33. The van der Waals surface area contributed by atoms with Crippen molar-refractivity contribution in [1.82, 2.24) is 4.90 Å². The molecule has 0 amide bonds. The van der Waals surface area contributed by atoms with Gasteiger partial charge < -0.3 is 4.90 Å². The van der Waals surface area contributed by atoms with Crippen LogP contribution in [0.15, 0.2) is 18.2 Å². The maximum atomic E-state index is 6.28. The summed E-state index contributed by atoms with van der Waals surface area (Å²) in [6.45, 7) is 0. The fourth-order valence-corrected chi connectivity index (χ4v) is 3.20. The van der Waals surface area contributed by atoms with Crippen molar-refractivity contribution in [2.75, 3.05) is 14.1 Å². The molecule has 0 N–H and O–H groups in total. The van der Waals surface area contributed by atoms with Crippen LogP contribution >= 0.6 is 23.2 Å². The third-order valence-corrected chi connectivity index (χ3v) is 4.35. The van der Waals surface area contributed by atoms with Gasteiger partial charge in [-0.1, -0.05) is 29.6 Å². The zero-order valence-electron chi connectivity index (χ0n) is 10.4. The molecule has 0 radical (unpaired) electrons. The van der Waals surface area contributed by atoms with Gasteiger partial charge in [0, 0.05) is 16.1 Å². The highest BCUT2D eigenvalue weighted by atomic mass is 35.5. The molecule has 0 saturated heterocycles. The highest BCUT2D eigenvalue weighted by Crippen LogP contribution is 2.38. The van der Waals surface area contributed by atoms with E-state index < -0.39 is 0 Å². The molecular formula is C14H19Cl2N. The Morgan fingerprint density at radius 1 is 1.18 bits per heavy atom. The quantitative estimate of drug-likeness (QED) is 0.761. The van der Waals surface area contributed by atoms with Crippen LogP contribution in [0.25, 0.3) is 0 Å². The number of benzene rings is 1. The first-order valence-corrected chi connectivity index (χ1v) is 6.95. The lowest BCUT2D eigenvalue weighted by molar-refractivity contribution is 0.213. The van der Waals surface area contributed by atoms with E-state index in [9.17, 15) is 0 Å². The van der Waals surface area contributed by atoms with Crippen LogP contribution in [0.1, 0.15) is 37.2 Å². The van der Waals surface area contributed by atoms with E-state index in [0.717, 1.165) is 10.0 Å². The zero-order chi connectivity index (χ0) is 12.4. The molecule has 94 valence electrons. The molecule has 3 heteroatoms. The average molecular weight is 272 g/mol. The standard InChI is InChI=1S/C14H19Cl2N/c1-17(2)12-5-3-4-10(8-12)13-9-11(15)6-7-14(13)16/h6-7,9-10,12H,3-5,8H2,1-2H3. The summed E-state index contributed by atoms with van der Waals surface area (Å²) < 4.78 is 0. The van der Waals surface area contributed by atoms with E-state index in [1.807, 2.05) is 18.2 Å². The number of halogens is 2. The summed E-state index contributed by atoms with van der Waals surface area (Å²) in [5.74, 6) is 0.558. The van der Waals surface area contributed by atoms with Gasteiger partial charge in [0.2, 0.25) is 0 Å². The second-order valence-corrected chi connectivity index (χ2v) is 5.99. The number of hydrogen-bond acceptors (Lipinski definition) is 1. The summed E-state index contributed by atoms with van der Waals surface area (Å²) in [4.78, 5) is 2.32. The Morgan fingerprint density at radius 3 is 2.65 bits per heavy atom. The predicted octanol–water partition coefficient (Wildman–Crippen LogP) is 4.58. The Balaban J connectivity index is 2.18. The first-order chi connectivity index (χ1) is 8.08. The fraction of sp³-hybridized carbons (Fsp3) is 0.571. The van der Waals surface area contributed by atoms with E-state index in [1.165, 1.54) is 31.2 Å². The molecule has 0 aromatic heterocycles. The molecule has 0 bridgehead atoms. The maximum Gasteiger partial charge on any atom is 0.0441 e. The summed E-state index contributed by atoms with van der Waals surface area (Å²) in [6, 6.07) is 6.48. The van der Waals surface area contributed by atoms with Crippen LogP contribution in [0.3, 0.4) is 0 Å². The van der Waals surface area contributed by atoms with E-state index in [-0.39, 0.29) is 0 Å². The van der Waals surface area contributed by atoms with Crippen LogP contribution in [0.2, 0.25) is 10.0 Å². The normalized spacial score (nSPS) is 25.2. The topological polar surface area (TPSA) is 3.24 Å². The summed E-state index contributed by atoms with van der Waals surface area (Å²) in [6.07, 6.45) is 4.98. The van der Waals surface area contributed by atoms with Crippen molar-refractivity contribution in [2.45, 2.75) is 37.6 Å². The molecule has 0 aliphatic heterocycles. The minimum Gasteiger partial charge on any atom is -0.306 e. The van der Waals surface area contributed by atoms with Gasteiger partial charge in [-0.05, 0) is 63.0 Å². The number of rotatable bonds is 2. The van der Waals surface area contributed by atoms with Crippen molar-refractivity contribution < 1.29 is 0 Å². The minimum atomic E-state index is 0.558. The van der Waals surface area contributed by atoms with Crippen molar-refractivity contribution >= 4 is 23.2 Å².